The molecule has 2 nitrogen and oxygen atoms in total. The molecule has 1 atom stereocenters. The lowest BCUT2D eigenvalue weighted by Gasteiger charge is -2.30. The lowest BCUT2D eigenvalue weighted by molar-refractivity contribution is -0.151. The highest BCUT2D eigenvalue weighted by atomic mass is 19.4. The molecule has 0 bridgehead atoms. The van der Waals surface area contributed by atoms with Gasteiger partial charge in [-0.15, -0.1) is 0 Å². The van der Waals surface area contributed by atoms with E-state index in [-0.39, 0.29) is 11.8 Å². The predicted molar refractivity (Wildman–Crippen MR) is 67.1 cm³/mol. The molecule has 0 saturated heterocycles. The molecule has 0 amide bonds. The van der Waals surface area contributed by atoms with Crippen molar-refractivity contribution in [2.24, 2.45) is 0 Å². The highest BCUT2D eigenvalue weighted by Gasteiger charge is 2.36. The number of aromatic hydroxyl groups is 1. The van der Waals surface area contributed by atoms with E-state index in [1.54, 1.807) is 18.2 Å². The molecule has 1 aromatic carbocycles. The maximum atomic E-state index is 12.6. The Bertz CT molecular complexity index is 445. The van der Waals surface area contributed by atoms with Crippen LogP contribution in [-0.4, -0.2) is 29.3 Å². The van der Waals surface area contributed by atoms with Crippen LogP contribution >= 0.6 is 0 Å². The van der Waals surface area contributed by atoms with Crippen molar-refractivity contribution >= 4 is 0 Å². The summed E-state index contributed by atoms with van der Waals surface area (Å²) < 4.78 is 37.9. The Morgan fingerprint density at radius 1 is 1.37 bits per heavy atom. The Hall–Kier alpha value is -1.23. The number of hydrogen-bond acceptors (Lipinski definition) is 2. The lowest BCUT2D eigenvalue weighted by atomic mass is 10.1. The first-order valence-electron chi connectivity index (χ1n) is 6.53. The van der Waals surface area contributed by atoms with Crippen LogP contribution in [0, 0.1) is 0 Å². The number of alkyl halides is 3. The van der Waals surface area contributed by atoms with Crippen LogP contribution in [0.3, 0.4) is 0 Å². The third-order valence-electron chi connectivity index (χ3n) is 3.51. The van der Waals surface area contributed by atoms with Crippen LogP contribution in [0.15, 0.2) is 18.2 Å². The van der Waals surface area contributed by atoms with Crippen LogP contribution < -0.4 is 0 Å². The third-order valence-corrected chi connectivity index (χ3v) is 3.51. The average molecular weight is 273 g/mol. The van der Waals surface area contributed by atoms with E-state index in [4.69, 9.17) is 0 Å². The molecule has 0 heterocycles. The van der Waals surface area contributed by atoms with Crippen molar-refractivity contribution < 1.29 is 18.3 Å². The summed E-state index contributed by atoms with van der Waals surface area (Å²) in [4.78, 5) is 1.50. The molecule has 2 rings (SSSR count). The molecule has 0 aliphatic heterocycles. The van der Waals surface area contributed by atoms with E-state index in [1.807, 2.05) is 6.92 Å². The van der Waals surface area contributed by atoms with Crippen molar-refractivity contribution in [2.75, 3.05) is 13.1 Å². The van der Waals surface area contributed by atoms with E-state index in [1.165, 1.54) is 4.90 Å². The van der Waals surface area contributed by atoms with E-state index in [0.29, 0.717) is 19.4 Å². The molecule has 1 N–H and O–H groups in total. The van der Waals surface area contributed by atoms with Gasteiger partial charge in [-0.1, -0.05) is 13.0 Å². The molecular formula is C14H18F3NO. The molecule has 1 aromatic rings. The number of phenolic OH excluding ortho intramolecular Hbond substituents is 1. The summed E-state index contributed by atoms with van der Waals surface area (Å²) in [6, 6.07) is 4.78. The number of aryl methyl sites for hydroxylation is 1. The van der Waals surface area contributed by atoms with Gasteiger partial charge in [0.1, 0.15) is 5.75 Å². The number of rotatable bonds is 4. The average Bonchev–Trinajstić information content (AvgIpc) is 2.69. The summed E-state index contributed by atoms with van der Waals surface area (Å²) >= 11 is 0. The van der Waals surface area contributed by atoms with E-state index >= 15 is 0 Å². The van der Waals surface area contributed by atoms with Crippen molar-refractivity contribution in [3.8, 4) is 5.75 Å². The SMILES string of the molecule is CCCN(CC(F)(F)F)C1CCc2cc(O)ccc21. The predicted octanol–water partition coefficient (Wildman–Crippen LogP) is 3.65. The molecule has 0 saturated carbocycles. The summed E-state index contributed by atoms with van der Waals surface area (Å²) in [7, 11) is 0. The second-order valence-corrected chi connectivity index (χ2v) is 5.02. The minimum absolute atomic E-state index is 0.178. The van der Waals surface area contributed by atoms with Gasteiger partial charge in [-0.2, -0.15) is 13.2 Å². The summed E-state index contributed by atoms with van der Waals surface area (Å²) in [6.45, 7) is 1.45. The molecular weight excluding hydrogens is 255 g/mol. The molecule has 0 aromatic heterocycles. The van der Waals surface area contributed by atoms with Gasteiger partial charge >= 0.3 is 6.18 Å². The van der Waals surface area contributed by atoms with Crippen LogP contribution in [0.2, 0.25) is 0 Å². The summed E-state index contributed by atoms with van der Waals surface area (Å²) in [6.07, 6.45) is -2.06. The fourth-order valence-corrected chi connectivity index (χ4v) is 2.82. The Morgan fingerprint density at radius 3 is 2.74 bits per heavy atom. The molecule has 1 aliphatic rings. The zero-order valence-electron chi connectivity index (χ0n) is 10.9. The van der Waals surface area contributed by atoms with Crippen molar-refractivity contribution in [3.05, 3.63) is 29.3 Å². The van der Waals surface area contributed by atoms with Crippen molar-refractivity contribution in [1.29, 1.82) is 0 Å². The summed E-state index contributed by atoms with van der Waals surface area (Å²) in [5, 5.41) is 9.42. The smallest absolute Gasteiger partial charge is 0.401 e. The molecule has 19 heavy (non-hydrogen) atoms. The van der Waals surface area contributed by atoms with E-state index in [2.05, 4.69) is 0 Å². The lowest BCUT2D eigenvalue weighted by Crippen LogP contribution is -2.37. The van der Waals surface area contributed by atoms with E-state index < -0.39 is 12.7 Å². The van der Waals surface area contributed by atoms with Crippen LogP contribution in [0.1, 0.15) is 36.9 Å². The maximum absolute atomic E-state index is 12.6. The first-order valence-corrected chi connectivity index (χ1v) is 6.53. The Morgan fingerprint density at radius 2 is 2.11 bits per heavy atom. The van der Waals surface area contributed by atoms with Gasteiger partial charge in [-0.25, -0.2) is 0 Å². The topological polar surface area (TPSA) is 23.5 Å². The highest BCUT2D eigenvalue weighted by Crippen LogP contribution is 2.38. The van der Waals surface area contributed by atoms with Crippen LogP contribution in [-0.2, 0) is 6.42 Å². The minimum atomic E-state index is -4.17. The standard InChI is InChI=1S/C14H18F3NO/c1-2-7-18(9-14(15,16)17)13-6-3-10-8-11(19)4-5-12(10)13/h4-5,8,13,19H,2-3,6-7,9H2,1H3. The van der Waals surface area contributed by atoms with Gasteiger partial charge in [0.25, 0.3) is 0 Å². The van der Waals surface area contributed by atoms with E-state index in [0.717, 1.165) is 17.5 Å². The zero-order chi connectivity index (χ0) is 14.0. The monoisotopic (exact) mass is 273 g/mol. The normalized spacial score (nSPS) is 18.9. The summed E-state index contributed by atoms with van der Waals surface area (Å²) in [5.74, 6) is 0.178. The Balaban J connectivity index is 2.21. The molecule has 0 spiro atoms. The second kappa shape index (κ2) is 5.41. The first-order chi connectivity index (χ1) is 8.90. The largest absolute Gasteiger partial charge is 0.508 e. The first kappa shape index (κ1) is 14.2. The van der Waals surface area contributed by atoms with Gasteiger partial charge in [0.15, 0.2) is 0 Å². The fourth-order valence-electron chi connectivity index (χ4n) is 2.82. The van der Waals surface area contributed by atoms with Crippen molar-refractivity contribution in [1.82, 2.24) is 4.90 Å². The van der Waals surface area contributed by atoms with Crippen molar-refractivity contribution in [3.63, 3.8) is 0 Å². The number of nitrogens with zero attached hydrogens (tertiary/aromatic N) is 1. The minimum Gasteiger partial charge on any atom is -0.508 e. The zero-order valence-corrected chi connectivity index (χ0v) is 10.9. The molecule has 1 aliphatic carbocycles. The Labute approximate surface area is 110 Å². The quantitative estimate of drug-likeness (QED) is 0.905. The van der Waals surface area contributed by atoms with E-state index in [9.17, 15) is 18.3 Å². The van der Waals surface area contributed by atoms with Crippen LogP contribution in [0.5, 0.6) is 5.75 Å². The Kier molecular flexibility index (Phi) is 4.04. The van der Waals surface area contributed by atoms with Gasteiger partial charge in [0, 0.05) is 6.04 Å². The van der Waals surface area contributed by atoms with Gasteiger partial charge in [-0.3, -0.25) is 4.90 Å². The molecule has 5 heteroatoms. The summed E-state index contributed by atoms with van der Waals surface area (Å²) in [5.41, 5.74) is 1.89. The molecule has 0 radical (unpaired) electrons. The second-order valence-electron chi connectivity index (χ2n) is 5.02. The van der Waals surface area contributed by atoms with Crippen molar-refractivity contribution in [2.45, 2.75) is 38.4 Å². The number of halogens is 3. The third kappa shape index (κ3) is 3.41. The molecule has 0 fully saturated rings. The highest BCUT2D eigenvalue weighted by molar-refractivity contribution is 5.40. The van der Waals surface area contributed by atoms with Gasteiger partial charge in [0.2, 0.25) is 0 Å². The van der Waals surface area contributed by atoms with Gasteiger partial charge in [-0.05, 0) is 49.1 Å². The fraction of sp³-hybridized carbons (Fsp3) is 0.571. The van der Waals surface area contributed by atoms with Crippen LogP contribution in [0.4, 0.5) is 13.2 Å². The van der Waals surface area contributed by atoms with Gasteiger partial charge in [0.05, 0.1) is 6.54 Å². The molecule has 1 unspecified atom stereocenters. The van der Waals surface area contributed by atoms with Crippen LogP contribution in [0.25, 0.3) is 0 Å². The number of benzene rings is 1. The van der Waals surface area contributed by atoms with Gasteiger partial charge < -0.3 is 5.11 Å². The number of phenols is 1. The number of hydrogen-bond donors (Lipinski definition) is 1. The number of fused-ring (bicyclic) bond motifs is 1. The maximum Gasteiger partial charge on any atom is 0.401 e. The molecule has 106 valence electrons.